The fraction of sp³-hybridized carbons (Fsp3) is 0. The van der Waals surface area contributed by atoms with Crippen molar-refractivity contribution in [3.05, 3.63) is 237 Å². The molecule has 5 aromatic heterocycles. The monoisotopic (exact) mass is 829 g/mol. The van der Waals surface area contributed by atoms with E-state index in [-0.39, 0.29) is 0 Å². The first-order valence-corrected chi connectivity index (χ1v) is 21.9. The lowest BCUT2D eigenvalue weighted by molar-refractivity contribution is 1.01. The van der Waals surface area contributed by atoms with E-state index in [1.807, 2.05) is 59.6 Å². The van der Waals surface area contributed by atoms with Gasteiger partial charge in [0, 0.05) is 40.5 Å². The predicted molar refractivity (Wildman–Crippen MR) is 267 cm³/mol. The highest BCUT2D eigenvalue weighted by Crippen LogP contribution is 2.43. The van der Waals surface area contributed by atoms with Crippen molar-refractivity contribution in [1.82, 2.24) is 24.6 Å². The van der Waals surface area contributed by atoms with E-state index >= 15 is 0 Å². The average Bonchev–Trinajstić information content (AvgIpc) is 3.90. The third-order valence-corrected chi connectivity index (χ3v) is 12.5. The van der Waals surface area contributed by atoms with Crippen molar-refractivity contribution in [3.63, 3.8) is 0 Å². The summed E-state index contributed by atoms with van der Waals surface area (Å²) in [5.41, 5.74) is 20.8. The molecular formula is C60H39N5. The molecule has 12 aromatic rings. The average molecular weight is 830 g/mol. The molecule has 5 nitrogen and oxygen atoms in total. The first-order valence-electron chi connectivity index (χ1n) is 21.9. The van der Waals surface area contributed by atoms with Crippen LogP contribution in [-0.2, 0) is 0 Å². The minimum absolute atomic E-state index is 0.936. The van der Waals surface area contributed by atoms with Crippen LogP contribution >= 0.6 is 0 Å². The van der Waals surface area contributed by atoms with Gasteiger partial charge in [-0.1, -0.05) is 146 Å². The zero-order valence-electron chi connectivity index (χ0n) is 35.3. The number of hydrogen-bond donors (Lipinski definition) is 0. The molecule has 304 valence electrons. The number of benzene rings is 7. The Hall–Kier alpha value is -8.80. The molecule has 12 rings (SSSR count). The highest BCUT2D eigenvalue weighted by atomic mass is 15.2. The minimum atomic E-state index is 0.936. The first kappa shape index (κ1) is 37.9. The van der Waals surface area contributed by atoms with Gasteiger partial charge in [0.05, 0.1) is 34.1 Å². The van der Waals surface area contributed by atoms with Crippen LogP contribution in [0.5, 0.6) is 0 Å². The van der Waals surface area contributed by atoms with Crippen molar-refractivity contribution in [2.45, 2.75) is 0 Å². The third-order valence-electron chi connectivity index (χ3n) is 12.5. The van der Waals surface area contributed by atoms with Crippen LogP contribution in [0.1, 0.15) is 0 Å². The summed E-state index contributed by atoms with van der Waals surface area (Å²) in [6.45, 7) is 0. The van der Waals surface area contributed by atoms with Gasteiger partial charge in [0.25, 0.3) is 0 Å². The molecule has 0 saturated heterocycles. The number of fused-ring (bicyclic) bond motifs is 6. The zero-order valence-corrected chi connectivity index (χ0v) is 35.3. The smallest absolute Gasteiger partial charge is 0.0966 e. The Kier molecular flexibility index (Phi) is 9.42. The van der Waals surface area contributed by atoms with E-state index in [4.69, 9.17) is 10.1 Å². The van der Waals surface area contributed by atoms with Crippen LogP contribution in [0.25, 0.3) is 117 Å². The topological polar surface area (TPSA) is 56.0 Å². The molecule has 0 amide bonds. The summed E-state index contributed by atoms with van der Waals surface area (Å²) in [6, 6.07) is 75.8. The van der Waals surface area contributed by atoms with Crippen LogP contribution in [0, 0.1) is 0 Å². The molecule has 0 unspecified atom stereocenters. The minimum Gasteiger partial charge on any atom is -0.256 e. The van der Waals surface area contributed by atoms with E-state index in [1.165, 1.54) is 0 Å². The van der Waals surface area contributed by atoms with Crippen LogP contribution in [0.2, 0.25) is 0 Å². The van der Waals surface area contributed by atoms with Gasteiger partial charge in [-0.15, -0.1) is 0 Å². The van der Waals surface area contributed by atoms with E-state index in [2.05, 4.69) is 192 Å². The number of rotatable bonds is 8. The summed E-state index contributed by atoms with van der Waals surface area (Å²) in [4.78, 5) is 14.0. The van der Waals surface area contributed by atoms with Crippen LogP contribution in [0.3, 0.4) is 0 Å². The van der Waals surface area contributed by atoms with Crippen LogP contribution in [0.4, 0.5) is 0 Å². The molecule has 5 heteroatoms. The summed E-state index contributed by atoms with van der Waals surface area (Å²) >= 11 is 0. The molecule has 0 spiro atoms. The molecule has 0 fully saturated rings. The molecule has 0 aliphatic rings. The van der Waals surface area contributed by atoms with E-state index in [0.717, 1.165) is 117 Å². The van der Waals surface area contributed by atoms with Crippen LogP contribution < -0.4 is 0 Å². The molecule has 65 heavy (non-hydrogen) atoms. The van der Waals surface area contributed by atoms with Gasteiger partial charge in [-0.05, 0) is 133 Å². The number of hydrogen-bond acceptors (Lipinski definition) is 4. The maximum atomic E-state index is 4.81. The second-order valence-electron chi connectivity index (χ2n) is 16.3. The highest BCUT2D eigenvalue weighted by Gasteiger charge is 2.18. The largest absolute Gasteiger partial charge is 0.256 e. The molecule has 0 saturated carbocycles. The molecular weight excluding hydrogens is 791 g/mol. The summed E-state index contributed by atoms with van der Waals surface area (Å²) < 4.78 is 2.00. The van der Waals surface area contributed by atoms with Gasteiger partial charge in [-0.3, -0.25) is 15.0 Å². The standard InChI is InChI=1S/C60H39N5/c1-4-15-51(48(12-1)40-21-25-42(26-22-40)56-18-7-9-32-61-56)45-36-46(52-16-5-2-13-49(52)41-23-27-43(28-24-41)57-19-8-10-33-62-57)38-47(37-45)53-17-6-3-14-50(53)44-29-30-54-55(39-44)58-31-35-64-65(58)59-20-11-34-63-60(54)59/h1-39H. The second kappa shape index (κ2) is 16.2. The van der Waals surface area contributed by atoms with E-state index < -0.39 is 0 Å². The Morgan fingerprint density at radius 3 is 1.18 bits per heavy atom. The van der Waals surface area contributed by atoms with Crippen LogP contribution in [-0.4, -0.2) is 24.6 Å². The second-order valence-corrected chi connectivity index (χ2v) is 16.3. The summed E-state index contributed by atoms with van der Waals surface area (Å²) in [5.74, 6) is 0. The van der Waals surface area contributed by atoms with Crippen molar-refractivity contribution in [2.75, 3.05) is 0 Å². The summed E-state index contributed by atoms with van der Waals surface area (Å²) in [6.07, 6.45) is 7.41. The molecule has 0 aliphatic carbocycles. The van der Waals surface area contributed by atoms with Crippen molar-refractivity contribution in [3.8, 4) is 89.3 Å². The Morgan fingerprint density at radius 2 is 0.692 bits per heavy atom. The molecule has 5 heterocycles. The SMILES string of the molecule is c1ccc(-c2ccc(-c3ccccc3-c3cc(-c4ccccc4-c4ccc(-c5ccccn5)cc4)cc(-c4ccccc4-c4ccc5c(c4)c4ccnn4c4cccnc54)c3)cc2)nc1. The first-order chi connectivity index (χ1) is 32.2. The third kappa shape index (κ3) is 6.93. The molecule has 0 N–H and O–H groups in total. The lowest BCUT2D eigenvalue weighted by Crippen LogP contribution is -1.95. The number of aromatic nitrogens is 5. The van der Waals surface area contributed by atoms with Gasteiger partial charge in [-0.2, -0.15) is 5.10 Å². The lowest BCUT2D eigenvalue weighted by Gasteiger charge is -2.18. The summed E-state index contributed by atoms with van der Waals surface area (Å²) in [7, 11) is 0. The fourth-order valence-electron chi connectivity index (χ4n) is 9.37. The Labute approximate surface area is 376 Å². The van der Waals surface area contributed by atoms with Gasteiger partial charge in [0.2, 0.25) is 0 Å². The van der Waals surface area contributed by atoms with Crippen molar-refractivity contribution < 1.29 is 0 Å². The predicted octanol–water partition coefficient (Wildman–Crippen LogP) is 15.2. The van der Waals surface area contributed by atoms with E-state index in [9.17, 15) is 0 Å². The van der Waals surface area contributed by atoms with Gasteiger partial charge in [0.15, 0.2) is 0 Å². The van der Waals surface area contributed by atoms with Crippen molar-refractivity contribution >= 4 is 27.3 Å². The molecule has 7 aromatic carbocycles. The van der Waals surface area contributed by atoms with Crippen LogP contribution in [0.15, 0.2) is 237 Å². The molecule has 0 radical (unpaired) electrons. The zero-order chi connectivity index (χ0) is 43.1. The highest BCUT2D eigenvalue weighted by molar-refractivity contribution is 6.12. The lowest BCUT2D eigenvalue weighted by atomic mass is 9.86. The quantitative estimate of drug-likeness (QED) is 0.143. The Balaban J connectivity index is 1.04. The molecule has 0 atom stereocenters. The molecule has 0 aliphatic heterocycles. The van der Waals surface area contributed by atoms with Gasteiger partial charge in [0.1, 0.15) is 0 Å². The number of nitrogens with zero attached hydrogens (tertiary/aromatic N) is 5. The fourth-order valence-corrected chi connectivity index (χ4v) is 9.37. The summed E-state index contributed by atoms with van der Waals surface area (Å²) in [5, 5.41) is 6.92. The number of pyridine rings is 4. The Morgan fingerprint density at radius 1 is 0.262 bits per heavy atom. The van der Waals surface area contributed by atoms with Gasteiger partial charge >= 0.3 is 0 Å². The van der Waals surface area contributed by atoms with Gasteiger partial charge in [-0.25, -0.2) is 4.52 Å². The van der Waals surface area contributed by atoms with Gasteiger partial charge < -0.3 is 0 Å². The van der Waals surface area contributed by atoms with Crippen molar-refractivity contribution in [2.24, 2.45) is 0 Å². The maximum Gasteiger partial charge on any atom is 0.0966 e. The van der Waals surface area contributed by atoms with E-state index in [1.54, 1.807) is 0 Å². The van der Waals surface area contributed by atoms with Crippen molar-refractivity contribution in [1.29, 1.82) is 0 Å². The normalized spacial score (nSPS) is 11.4. The Bertz CT molecular complexity index is 3540. The van der Waals surface area contributed by atoms with E-state index in [0.29, 0.717) is 0 Å². The maximum absolute atomic E-state index is 4.81. The molecule has 0 bridgehead atoms.